The van der Waals surface area contributed by atoms with E-state index in [4.69, 9.17) is 14.5 Å². The van der Waals surface area contributed by atoms with Crippen LogP contribution in [-0.2, 0) is 24.3 Å². The van der Waals surface area contributed by atoms with Gasteiger partial charge in [0.15, 0.2) is 11.6 Å². The zero-order valence-corrected chi connectivity index (χ0v) is 15.3. The van der Waals surface area contributed by atoms with Crippen LogP contribution in [0.3, 0.4) is 0 Å². The van der Waals surface area contributed by atoms with Crippen LogP contribution < -0.4 is 5.32 Å². The number of amides is 1. The molecule has 4 rings (SSSR count). The number of hydrogen-bond acceptors (Lipinski definition) is 7. The van der Waals surface area contributed by atoms with Crippen LogP contribution in [-0.4, -0.2) is 37.5 Å². The average Bonchev–Trinajstić information content (AvgIpc) is 3.11. The van der Waals surface area contributed by atoms with Gasteiger partial charge < -0.3 is 14.7 Å². The number of nitrogens with one attached hydrogen (secondary N) is 1. The predicted molar refractivity (Wildman–Crippen MR) is 98.6 cm³/mol. The minimum Gasteiger partial charge on any atom is -0.362 e. The first-order chi connectivity index (χ1) is 13.1. The third-order valence-electron chi connectivity index (χ3n) is 4.54. The molecular weight excluding hydrogens is 344 g/mol. The van der Waals surface area contributed by atoms with Crippen LogP contribution in [0.25, 0.3) is 11.4 Å². The summed E-state index contributed by atoms with van der Waals surface area (Å²) in [5, 5.41) is 7.26. The zero-order chi connectivity index (χ0) is 18.8. The first-order valence-corrected chi connectivity index (χ1v) is 8.82. The molecule has 0 radical (unpaired) electrons. The Morgan fingerprint density at radius 1 is 1.37 bits per heavy atom. The highest BCUT2D eigenvalue weighted by Crippen LogP contribution is 2.27. The van der Waals surface area contributed by atoms with Crippen LogP contribution >= 0.6 is 0 Å². The number of rotatable bonds is 4. The molecule has 3 aromatic heterocycles. The second-order valence-corrected chi connectivity index (χ2v) is 6.54. The van der Waals surface area contributed by atoms with Crippen molar-refractivity contribution < 1.29 is 9.32 Å². The van der Waals surface area contributed by atoms with Gasteiger partial charge in [0.2, 0.25) is 5.91 Å². The SMILES string of the molecule is CC(=O)N1CCc2c(nc(-c3cccnc3)nc2NCc2cc(C)no2)C1. The quantitative estimate of drug-likeness (QED) is 0.759. The third kappa shape index (κ3) is 3.64. The van der Waals surface area contributed by atoms with Crippen LogP contribution in [0.2, 0.25) is 0 Å². The first-order valence-electron chi connectivity index (χ1n) is 8.82. The summed E-state index contributed by atoms with van der Waals surface area (Å²) in [4.78, 5) is 27.2. The molecule has 0 atom stereocenters. The molecule has 0 spiro atoms. The first kappa shape index (κ1) is 17.1. The van der Waals surface area contributed by atoms with E-state index in [1.165, 1.54) is 0 Å². The van der Waals surface area contributed by atoms with Gasteiger partial charge >= 0.3 is 0 Å². The molecular formula is C19H20N6O2. The summed E-state index contributed by atoms with van der Waals surface area (Å²) >= 11 is 0. The van der Waals surface area contributed by atoms with Crippen LogP contribution in [0.5, 0.6) is 0 Å². The Kier molecular flexibility index (Phi) is 4.53. The van der Waals surface area contributed by atoms with E-state index < -0.39 is 0 Å². The summed E-state index contributed by atoms with van der Waals surface area (Å²) in [7, 11) is 0. The number of anilines is 1. The summed E-state index contributed by atoms with van der Waals surface area (Å²) in [6, 6.07) is 5.66. The number of aromatic nitrogens is 4. The van der Waals surface area contributed by atoms with Gasteiger partial charge in [0.1, 0.15) is 5.82 Å². The van der Waals surface area contributed by atoms with Crippen molar-refractivity contribution in [2.75, 3.05) is 11.9 Å². The van der Waals surface area contributed by atoms with Gasteiger partial charge in [-0.15, -0.1) is 0 Å². The fraction of sp³-hybridized carbons (Fsp3) is 0.316. The van der Waals surface area contributed by atoms with Crippen molar-refractivity contribution in [2.24, 2.45) is 0 Å². The van der Waals surface area contributed by atoms with E-state index in [1.54, 1.807) is 24.2 Å². The van der Waals surface area contributed by atoms with Crippen LogP contribution in [0.4, 0.5) is 5.82 Å². The number of pyridine rings is 1. The molecule has 1 aliphatic rings. The second-order valence-electron chi connectivity index (χ2n) is 6.54. The largest absolute Gasteiger partial charge is 0.362 e. The lowest BCUT2D eigenvalue weighted by molar-refractivity contribution is -0.129. The average molecular weight is 364 g/mol. The van der Waals surface area contributed by atoms with Crippen LogP contribution in [0.1, 0.15) is 29.6 Å². The van der Waals surface area contributed by atoms with Gasteiger partial charge in [-0.05, 0) is 25.5 Å². The lowest BCUT2D eigenvalue weighted by atomic mass is 10.0. The number of carbonyl (C=O) groups excluding carboxylic acids is 1. The smallest absolute Gasteiger partial charge is 0.219 e. The van der Waals surface area contributed by atoms with Gasteiger partial charge in [0, 0.05) is 43.1 Å². The Morgan fingerprint density at radius 3 is 2.96 bits per heavy atom. The second kappa shape index (κ2) is 7.14. The highest BCUT2D eigenvalue weighted by Gasteiger charge is 2.24. The van der Waals surface area contributed by atoms with Crippen molar-refractivity contribution in [3.8, 4) is 11.4 Å². The Morgan fingerprint density at radius 2 is 2.26 bits per heavy atom. The number of carbonyl (C=O) groups is 1. The molecule has 27 heavy (non-hydrogen) atoms. The summed E-state index contributed by atoms with van der Waals surface area (Å²) in [5.74, 6) is 2.14. The number of hydrogen-bond donors (Lipinski definition) is 1. The molecule has 0 fully saturated rings. The molecule has 1 N–H and O–H groups in total. The van der Waals surface area contributed by atoms with Crippen molar-refractivity contribution in [1.82, 2.24) is 25.0 Å². The maximum absolute atomic E-state index is 11.8. The molecule has 0 saturated carbocycles. The number of fused-ring (bicyclic) bond motifs is 1. The molecule has 0 unspecified atom stereocenters. The Hall–Kier alpha value is -3.29. The molecule has 0 aromatic carbocycles. The Balaban J connectivity index is 1.70. The zero-order valence-electron chi connectivity index (χ0n) is 15.3. The number of aryl methyl sites for hydroxylation is 1. The molecule has 4 heterocycles. The molecule has 3 aromatic rings. The fourth-order valence-electron chi connectivity index (χ4n) is 3.14. The molecule has 0 saturated heterocycles. The molecule has 0 bridgehead atoms. The minimum atomic E-state index is 0.0498. The monoisotopic (exact) mass is 364 g/mol. The summed E-state index contributed by atoms with van der Waals surface area (Å²) < 4.78 is 5.27. The fourth-order valence-corrected chi connectivity index (χ4v) is 3.14. The van der Waals surface area contributed by atoms with E-state index in [1.807, 2.05) is 25.1 Å². The molecule has 138 valence electrons. The van der Waals surface area contributed by atoms with E-state index in [0.29, 0.717) is 31.9 Å². The van der Waals surface area contributed by atoms with Gasteiger partial charge in [-0.3, -0.25) is 9.78 Å². The van der Waals surface area contributed by atoms with Crippen LogP contribution in [0, 0.1) is 6.92 Å². The van der Waals surface area contributed by atoms with Gasteiger partial charge in [-0.2, -0.15) is 0 Å². The van der Waals surface area contributed by atoms with Crippen molar-refractivity contribution in [1.29, 1.82) is 0 Å². The van der Waals surface area contributed by atoms with E-state index in [-0.39, 0.29) is 5.91 Å². The van der Waals surface area contributed by atoms with E-state index in [0.717, 1.165) is 34.1 Å². The van der Waals surface area contributed by atoms with Gasteiger partial charge in [-0.1, -0.05) is 5.16 Å². The van der Waals surface area contributed by atoms with E-state index >= 15 is 0 Å². The van der Waals surface area contributed by atoms with Crippen LogP contribution in [0.15, 0.2) is 35.1 Å². The third-order valence-corrected chi connectivity index (χ3v) is 4.54. The van der Waals surface area contributed by atoms with Crippen molar-refractivity contribution in [3.05, 3.63) is 53.3 Å². The summed E-state index contributed by atoms with van der Waals surface area (Å²) in [6.07, 6.45) is 4.15. The topological polar surface area (TPSA) is 97.0 Å². The van der Waals surface area contributed by atoms with Crippen molar-refractivity contribution in [2.45, 2.75) is 33.4 Å². The molecule has 8 heteroatoms. The molecule has 1 aliphatic heterocycles. The lowest BCUT2D eigenvalue weighted by Gasteiger charge is -2.28. The van der Waals surface area contributed by atoms with E-state index in [9.17, 15) is 4.79 Å². The number of nitrogens with zero attached hydrogens (tertiary/aromatic N) is 5. The van der Waals surface area contributed by atoms with Gasteiger partial charge in [0.25, 0.3) is 0 Å². The summed E-state index contributed by atoms with van der Waals surface area (Å²) in [6.45, 7) is 5.09. The van der Waals surface area contributed by atoms with Gasteiger partial charge in [0.05, 0.1) is 24.5 Å². The van der Waals surface area contributed by atoms with Crippen molar-refractivity contribution in [3.63, 3.8) is 0 Å². The van der Waals surface area contributed by atoms with Gasteiger partial charge in [-0.25, -0.2) is 9.97 Å². The minimum absolute atomic E-state index is 0.0498. The van der Waals surface area contributed by atoms with Crippen molar-refractivity contribution >= 4 is 11.7 Å². The predicted octanol–water partition coefficient (Wildman–Crippen LogP) is 2.35. The normalized spacial score (nSPS) is 13.3. The molecule has 8 nitrogen and oxygen atoms in total. The maximum Gasteiger partial charge on any atom is 0.219 e. The highest BCUT2D eigenvalue weighted by molar-refractivity contribution is 5.74. The molecule has 1 amide bonds. The standard InChI is InChI=1S/C19H20N6O2/c1-12-8-15(27-24-12)10-21-19-16-5-7-25(13(2)26)11-17(16)22-18(23-19)14-4-3-6-20-9-14/h3-4,6,8-9H,5,7,10-11H2,1-2H3,(H,21,22,23). The summed E-state index contributed by atoms with van der Waals surface area (Å²) in [5.41, 5.74) is 3.57. The maximum atomic E-state index is 11.8. The highest BCUT2D eigenvalue weighted by atomic mass is 16.5. The van der Waals surface area contributed by atoms with E-state index in [2.05, 4.69) is 15.5 Å². The Labute approximate surface area is 156 Å². The Bertz CT molecular complexity index is 970. The molecule has 0 aliphatic carbocycles. The lowest BCUT2D eigenvalue weighted by Crippen LogP contribution is -2.35.